The number of esters is 1. The normalized spacial score (nSPS) is 18.3. The molecule has 2 atom stereocenters. The summed E-state index contributed by atoms with van der Waals surface area (Å²) >= 11 is 0. The third-order valence-corrected chi connectivity index (χ3v) is 5.98. The number of carbonyl (C=O) groups excluding carboxylic acids is 2. The minimum absolute atomic E-state index is 0.0379. The predicted molar refractivity (Wildman–Crippen MR) is 112 cm³/mol. The van der Waals surface area contributed by atoms with Crippen molar-refractivity contribution in [3.8, 4) is 0 Å². The lowest BCUT2D eigenvalue weighted by Crippen LogP contribution is -2.32. The van der Waals surface area contributed by atoms with Crippen LogP contribution in [0.3, 0.4) is 0 Å². The maximum atomic E-state index is 11.9. The van der Waals surface area contributed by atoms with E-state index in [1.165, 1.54) is 89.1 Å². The molecule has 27 heavy (non-hydrogen) atoms. The van der Waals surface area contributed by atoms with Crippen LogP contribution >= 0.6 is 0 Å². The molecule has 1 rings (SSSR count). The molecule has 0 heterocycles. The molecule has 0 aromatic carbocycles. The van der Waals surface area contributed by atoms with Crippen LogP contribution in [0.15, 0.2) is 0 Å². The molecule has 0 aliphatic heterocycles. The molecule has 0 N–H and O–H groups in total. The first-order chi connectivity index (χ1) is 13.1. The van der Waals surface area contributed by atoms with Crippen molar-refractivity contribution in [3.63, 3.8) is 0 Å². The van der Waals surface area contributed by atoms with Gasteiger partial charge in [-0.1, -0.05) is 84.0 Å². The number of hydrogen-bond donors (Lipinski definition) is 0. The molecule has 0 spiro atoms. The van der Waals surface area contributed by atoms with Gasteiger partial charge < -0.3 is 9.64 Å². The zero-order chi connectivity index (χ0) is 19.9. The highest BCUT2D eigenvalue weighted by Gasteiger charge is 2.34. The third-order valence-electron chi connectivity index (χ3n) is 5.98. The summed E-state index contributed by atoms with van der Waals surface area (Å²) in [7, 11) is 3.01. The Morgan fingerprint density at radius 1 is 0.852 bits per heavy atom. The molecule has 1 saturated carbocycles. The molecule has 1 fully saturated rings. The SMILES string of the molecule is CCCCCCCCC1CC1CCCCCCCC(=O)N(C)CC(=O)OC. The zero-order valence-electron chi connectivity index (χ0n) is 18.1. The summed E-state index contributed by atoms with van der Waals surface area (Å²) in [5.41, 5.74) is 0. The maximum Gasteiger partial charge on any atom is 0.325 e. The number of nitrogens with zero attached hydrogens (tertiary/aromatic N) is 1. The van der Waals surface area contributed by atoms with E-state index in [0.717, 1.165) is 24.7 Å². The lowest BCUT2D eigenvalue weighted by Gasteiger charge is -2.15. The summed E-state index contributed by atoms with van der Waals surface area (Å²) < 4.78 is 4.58. The summed E-state index contributed by atoms with van der Waals surface area (Å²) in [6.45, 7) is 2.33. The van der Waals surface area contributed by atoms with E-state index in [-0.39, 0.29) is 18.4 Å². The van der Waals surface area contributed by atoms with Crippen molar-refractivity contribution in [2.75, 3.05) is 20.7 Å². The molecule has 1 amide bonds. The molecular weight excluding hydrogens is 338 g/mol. The van der Waals surface area contributed by atoms with E-state index < -0.39 is 0 Å². The second kappa shape index (κ2) is 14.9. The first-order valence-electron chi connectivity index (χ1n) is 11.4. The number of amides is 1. The standard InChI is InChI=1S/C23H43NO3/c1-4-5-6-7-9-12-15-20-18-21(20)16-13-10-8-11-14-17-22(25)24(2)19-23(26)27-3/h20-21H,4-19H2,1-3H3. The number of ether oxygens (including phenoxy) is 1. The van der Waals surface area contributed by atoms with Crippen LogP contribution in [0.4, 0.5) is 0 Å². The lowest BCUT2D eigenvalue weighted by molar-refractivity contribution is -0.146. The van der Waals surface area contributed by atoms with Gasteiger partial charge in [0.1, 0.15) is 6.54 Å². The summed E-state index contributed by atoms with van der Waals surface area (Å²) in [6, 6.07) is 0. The second-order valence-electron chi connectivity index (χ2n) is 8.44. The Morgan fingerprint density at radius 3 is 1.93 bits per heavy atom. The number of likely N-dealkylation sites (N-methyl/N-ethyl adjacent to an activating group) is 1. The van der Waals surface area contributed by atoms with E-state index in [0.29, 0.717) is 6.42 Å². The fourth-order valence-corrected chi connectivity index (χ4v) is 3.95. The number of rotatable bonds is 17. The average Bonchev–Trinajstić information content (AvgIpc) is 3.41. The second-order valence-corrected chi connectivity index (χ2v) is 8.44. The number of unbranched alkanes of at least 4 members (excludes halogenated alkanes) is 9. The van der Waals surface area contributed by atoms with Crippen LogP contribution in [0.5, 0.6) is 0 Å². The molecule has 1 aliphatic rings. The summed E-state index contributed by atoms with van der Waals surface area (Å²) in [6.07, 6.45) is 19.3. The van der Waals surface area contributed by atoms with E-state index in [1.54, 1.807) is 7.05 Å². The van der Waals surface area contributed by atoms with Gasteiger partial charge in [0.2, 0.25) is 5.91 Å². The molecule has 0 bridgehead atoms. The molecule has 0 radical (unpaired) electrons. The fourth-order valence-electron chi connectivity index (χ4n) is 3.95. The van der Waals surface area contributed by atoms with Crippen LogP contribution in [0.1, 0.15) is 103 Å². The number of carbonyl (C=O) groups is 2. The molecule has 1 aliphatic carbocycles. The van der Waals surface area contributed by atoms with Crippen molar-refractivity contribution in [2.45, 2.75) is 103 Å². The minimum Gasteiger partial charge on any atom is -0.468 e. The van der Waals surface area contributed by atoms with Crippen molar-refractivity contribution in [1.82, 2.24) is 4.90 Å². The molecule has 4 heteroatoms. The van der Waals surface area contributed by atoms with Gasteiger partial charge in [0, 0.05) is 13.5 Å². The van der Waals surface area contributed by atoms with Crippen molar-refractivity contribution < 1.29 is 14.3 Å². The molecule has 0 aromatic rings. The van der Waals surface area contributed by atoms with E-state index >= 15 is 0 Å². The monoisotopic (exact) mass is 381 g/mol. The highest BCUT2D eigenvalue weighted by Crippen LogP contribution is 2.45. The Bertz CT molecular complexity index is 410. The van der Waals surface area contributed by atoms with Crippen LogP contribution in [0.2, 0.25) is 0 Å². The molecule has 2 unspecified atom stereocenters. The van der Waals surface area contributed by atoms with E-state index in [1.807, 2.05) is 0 Å². The number of hydrogen-bond acceptors (Lipinski definition) is 3. The number of methoxy groups -OCH3 is 1. The van der Waals surface area contributed by atoms with E-state index in [4.69, 9.17) is 0 Å². The molecule has 0 saturated heterocycles. The summed E-state index contributed by atoms with van der Waals surface area (Å²) in [5, 5.41) is 0. The van der Waals surface area contributed by atoms with Gasteiger partial charge in [-0.25, -0.2) is 0 Å². The molecule has 0 aromatic heterocycles. The van der Waals surface area contributed by atoms with Gasteiger partial charge in [0.05, 0.1) is 7.11 Å². The van der Waals surface area contributed by atoms with Crippen molar-refractivity contribution in [2.24, 2.45) is 11.8 Å². The molecule has 158 valence electrons. The Balaban J connectivity index is 1.86. The highest BCUT2D eigenvalue weighted by molar-refractivity contribution is 5.81. The smallest absolute Gasteiger partial charge is 0.325 e. The predicted octanol–water partition coefficient (Wildman–Crippen LogP) is 5.74. The van der Waals surface area contributed by atoms with E-state index in [9.17, 15) is 9.59 Å². The Kier molecular flexibility index (Phi) is 13.3. The maximum absolute atomic E-state index is 11.9. The third kappa shape index (κ3) is 12.1. The van der Waals surface area contributed by atoms with Crippen molar-refractivity contribution in [1.29, 1.82) is 0 Å². The van der Waals surface area contributed by atoms with Gasteiger partial charge in [0.25, 0.3) is 0 Å². The average molecular weight is 382 g/mol. The quantitative estimate of drug-likeness (QED) is 0.238. The topological polar surface area (TPSA) is 46.6 Å². The zero-order valence-corrected chi connectivity index (χ0v) is 18.1. The summed E-state index contributed by atoms with van der Waals surface area (Å²) in [4.78, 5) is 24.5. The van der Waals surface area contributed by atoms with Crippen molar-refractivity contribution >= 4 is 11.9 Å². The van der Waals surface area contributed by atoms with Gasteiger partial charge >= 0.3 is 5.97 Å². The minimum atomic E-state index is -0.360. The Morgan fingerprint density at radius 2 is 1.37 bits per heavy atom. The molecular formula is C23H43NO3. The van der Waals surface area contributed by atoms with Crippen LogP contribution in [-0.4, -0.2) is 37.5 Å². The highest BCUT2D eigenvalue weighted by atomic mass is 16.5. The van der Waals surface area contributed by atoms with Crippen molar-refractivity contribution in [3.05, 3.63) is 0 Å². The van der Waals surface area contributed by atoms with Gasteiger partial charge in [0.15, 0.2) is 0 Å². The Hall–Kier alpha value is -1.06. The van der Waals surface area contributed by atoms with Gasteiger partial charge in [-0.3, -0.25) is 9.59 Å². The van der Waals surface area contributed by atoms with Gasteiger partial charge in [-0.2, -0.15) is 0 Å². The Labute approximate surface area is 167 Å². The van der Waals surface area contributed by atoms with Gasteiger partial charge in [-0.05, 0) is 24.7 Å². The van der Waals surface area contributed by atoms with Crippen LogP contribution in [0.25, 0.3) is 0 Å². The molecule has 4 nitrogen and oxygen atoms in total. The summed E-state index contributed by atoms with van der Waals surface area (Å²) in [5.74, 6) is 1.74. The fraction of sp³-hybridized carbons (Fsp3) is 0.913. The van der Waals surface area contributed by atoms with Crippen LogP contribution in [-0.2, 0) is 14.3 Å². The first-order valence-corrected chi connectivity index (χ1v) is 11.4. The largest absolute Gasteiger partial charge is 0.468 e. The van der Waals surface area contributed by atoms with Gasteiger partial charge in [-0.15, -0.1) is 0 Å². The van der Waals surface area contributed by atoms with Crippen LogP contribution < -0.4 is 0 Å². The van der Waals surface area contributed by atoms with E-state index in [2.05, 4.69) is 11.7 Å². The first kappa shape index (κ1) is 24.0. The lowest BCUT2D eigenvalue weighted by atomic mass is 10.0. The van der Waals surface area contributed by atoms with Crippen LogP contribution in [0, 0.1) is 11.8 Å².